The lowest BCUT2D eigenvalue weighted by Crippen LogP contribution is -2.62. The summed E-state index contributed by atoms with van der Waals surface area (Å²) in [5, 5.41) is 6.89. The molecule has 2 fully saturated rings. The Morgan fingerprint density at radius 2 is 1.69 bits per heavy atom. The lowest BCUT2D eigenvalue weighted by Gasteiger charge is -2.47. The number of nitrogens with zero attached hydrogens (tertiary/aromatic N) is 1. The summed E-state index contributed by atoms with van der Waals surface area (Å²) >= 11 is 0. The molecule has 2 N–H and O–H groups in total. The first-order valence-corrected chi connectivity index (χ1v) is 9.84. The molecule has 0 aromatic rings. The van der Waals surface area contributed by atoms with Crippen molar-refractivity contribution in [3.63, 3.8) is 0 Å². The Morgan fingerprint density at radius 3 is 2.23 bits per heavy atom. The Balaban J connectivity index is 1.94. The number of amides is 2. The predicted molar refractivity (Wildman–Crippen MR) is 103 cm³/mol. The van der Waals surface area contributed by atoms with Crippen molar-refractivity contribution >= 4 is 12.0 Å². The molecule has 2 heterocycles. The number of carbonyl (C=O) groups excluding carboxylic acids is 2. The molecule has 2 rings (SSSR count). The molecule has 0 spiro atoms. The molecule has 0 saturated carbocycles. The number of piperidine rings is 2. The summed E-state index contributed by atoms with van der Waals surface area (Å²) in [6.45, 7) is 15.4. The van der Waals surface area contributed by atoms with Crippen molar-refractivity contribution in [1.29, 1.82) is 0 Å². The van der Waals surface area contributed by atoms with Crippen LogP contribution in [0.4, 0.5) is 4.79 Å². The van der Waals surface area contributed by atoms with Crippen LogP contribution in [-0.4, -0.2) is 52.7 Å². The minimum absolute atomic E-state index is 0.00515. The maximum Gasteiger partial charge on any atom is 0.410 e. The first kappa shape index (κ1) is 21.0. The lowest BCUT2D eigenvalue weighted by atomic mass is 9.79. The summed E-state index contributed by atoms with van der Waals surface area (Å²) in [6.07, 6.45) is 3.15. The van der Waals surface area contributed by atoms with Crippen molar-refractivity contribution in [2.75, 3.05) is 13.1 Å². The monoisotopic (exact) mass is 367 g/mol. The highest BCUT2D eigenvalue weighted by molar-refractivity contribution is 5.80. The summed E-state index contributed by atoms with van der Waals surface area (Å²) in [7, 11) is 0. The third-order valence-electron chi connectivity index (χ3n) is 4.98. The fourth-order valence-corrected chi connectivity index (χ4v) is 4.43. The summed E-state index contributed by atoms with van der Waals surface area (Å²) < 4.78 is 5.46. The Bertz CT molecular complexity index is 521. The minimum Gasteiger partial charge on any atom is -0.444 e. The molecule has 6 nitrogen and oxygen atoms in total. The van der Waals surface area contributed by atoms with Gasteiger partial charge in [0.2, 0.25) is 5.91 Å². The van der Waals surface area contributed by atoms with E-state index in [0.29, 0.717) is 13.1 Å². The quantitative estimate of drug-likeness (QED) is 0.787. The normalized spacial score (nSPS) is 26.3. The maximum absolute atomic E-state index is 12.8. The van der Waals surface area contributed by atoms with Gasteiger partial charge in [0.05, 0.1) is 5.92 Å². The Hall–Kier alpha value is -1.30. The number of carbonyl (C=O) groups is 2. The molecular formula is C20H37N3O3. The fraction of sp³-hybridized carbons (Fsp3) is 0.900. The molecule has 0 bridgehead atoms. The molecule has 0 aromatic carbocycles. The summed E-state index contributed by atoms with van der Waals surface area (Å²) in [6, 6.07) is 0.158. The van der Waals surface area contributed by atoms with Crippen LogP contribution in [-0.2, 0) is 9.53 Å². The Kier molecular flexibility index (Phi) is 5.96. The number of likely N-dealkylation sites (tertiary alicyclic amines) is 1. The van der Waals surface area contributed by atoms with Crippen LogP contribution in [0, 0.1) is 5.92 Å². The predicted octanol–water partition coefficient (Wildman–Crippen LogP) is 3.06. The van der Waals surface area contributed by atoms with Crippen LogP contribution in [0.3, 0.4) is 0 Å². The van der Waals surface area contributed by atoms with Crippen LogP contribution < -0.4 is 10.6 Å². The Labute approximate surface area is 158 Å². The number of rotatable bonds is 2. The van der Waals surface area contributed by atoms with Crippen LogP contribution in [0.15, 0.2) is 0 Å². The molecule has 2 aliphatic rings. The first-order valence-electron chi connectivity index (χ1n) is 9.84. The van der Waals surface area contributed by atoms with Gasteiger partial charge in [-0.05, 0) is 74.1 Å². The second kappa shape index (κ2) is 7.37. The lowest BCUT2D eigenvalue weighted by molar-refractivity contribution is -0.127. The third-order valence-corrected chi connectivity index (χ3v) is 4.98. The summed E-state index contributed by atoms with van der Waals surface area (Å²) in [4.78, 5) is 26.8. The van der Waals surface area contributed by atoms with E-state index >= 15 is 0 Å². The standard InChI is InChI=1S/C20H37N3O3/c1-18(2,3)26-17(25)23-10-8-9-14(13-23)16(24)21-15-11-19(4,5)22-20(6,7)12-15/h14-15,22H,8-13H2,1-7H3,(H,21,24)/t14-/m1/s1. The Morgan fingerprint density at radius 1 is 1.12 bits per heavy atom. The fourth-order valence-electron chi connectivity index (χ4n) is 4.43. The van der Waals surface area contributed by atoms with Crippen molar-refractivity contribution in [3.8, 4) is 0 Å². The molecule has 150 valence electrons. The number of hydrogen-bond acceptors (Lipinski definition) is 4. The van der Waals surface area contributed by atoms with Crippen LogP contribution in [0.2, 0.25) is 0 Å². The first-order chi connectivity index (χ1) is 11.8. The average Bonchev–Trinajstić information content (AvgIpc) is 2.42. The molecule has 0 unspecified atom stereocenters. The van der Waals surface area contributed by atoms with Gasteiger partial charge in [-0.2, -0.15) is 0 Å². The van der Waals surface area contributed by atoms with Crippen LogP contribution in [0.1, 0.15) is 74.1 Å². The third kappa shape index (κ3) is 6.15. The number of nitrogens with one attached hydrogen (secondary N) is 2. The highest BCUT2D eigenvalue weighted by Crippen LogP contribution is 2.29. The van der Waals surface area contributed by atoms with Crippen molar-refractivity contribution in [2.45, 2.75) is 96.9 Å². The zero-order chi connectivity index (χ0) is 19.8. The second-order valence-corrected chi connectivity index (χ2v) is 10.3. The van der Waals surface area contributed by atoms with Crippen molar-refractivity contribution in [3.05, 3.63) is 0 Å². The van der Waals surface area contributed by atoms with Crippen LogP contribution >= 0.6 is 0 Å². The van der Waals surface area contributed by atoms with Gasteiger partial charge in [0.25, 0.3) is 0 Å². The molecular weight excluding hydrogens is 330 g/mol. The second-order valence-electron chi connectivity index (χ2n) is 10.3. The molecule has 6 heteroatoms. The molecule has 1 atom stereocenters. The van der Waals surface area contributed by atoms with Crippen molar-refractivity contribution < 1.29 is 14.3 Å². The highest BCUT2D eigenvalue weighted by atomic mass is 16.6. The van der Waals surface area contributed by atoms with E-state index in [0.717, 1.165) is 25.7 Å². The smallest absolute Gasteiger partial charge is 0.410 e. The van der Waals surface area contributed by atoms with E-state index in [9.17, 15) is 9.59 Å². The number of ether oxygens (including phenoxy) is 1. The van der Waals surface area contributed by atoms with Crippen molar-refractivity contribution in [1.82, 2.24) is 15.5 Å². The van der Waals surface area contributed by atoms with Gasteiger partial charge in [0.15, 0.2) is 0 Å². The van der Waals surface area contributed by atoms with Gasteiger partial charge in [-0.3, -0.25) is 4.79 Å². The van der Waals surface area contributed by atoms with Crippen molar-refractivity contribution in [2.24, 2.45) is 5.92 Å². The maximum atomic E-state index is 12.8. The molecule has 26 heavy (non-hydrogen) atoms. The van der Waals surface area contributed by atoms with Gasteiger partial charge in [-0.15, -0.1) is 0 Å². The van der Waals surface area contributed by atoms with Gasteiger partial charge >= 0.3 is 6.09 Å². The van der Waals surface area contributed by atoms with E-state index in [2.05, 4.69) is 38.3 Å². The molecule has 0 radical (unpaired) electrons. The molecule has 2 amide bonds. The molecule has 2 aliphatic heterocycles. The molecule has 0 aromatic heterocycles. The zero-order valence-corrected chi connectivity index (χ0v) is 17.6. The zero-order valence-electron chi connectivity index (χ0n) is 17.6. The van der Waals surface area contributed by atoms with E-state index in [1.54, 1.807) is 4.90 Å². The van der Waals surface area contributed by atoms with E-state index in [4.69, 9.17) is 4.74 Å². The molecule has 2 saturated heterocycles. The minimum atomic E-state index is -0.515. The van der Waals surface area contributed by atoms with Crippen LogP contribution in [0.5, 0.6) is 0 Å². The highest BCUT2D eigenvalue weighted by Gasteiger charge is 2.39. The van der Waals surface area contributed by atoms with Gasteiger partial charge < -0.3 is 20.3 Å². The van der Waals surface area contributed by atoms with E-state index in [1.165, 1.54) is 0 Å². The summed E-state index contributed by atoms with van der Waals surface area (Å²) in [5.74, 6) is -0.0888. The van der Waals surface area contributed by atoms with Gasteiger partial charge in [0.1, 0.15) is 5.60 Å². The van der Waals surface area contributed by atoms with E-state index in [-0.39, 0.29) is 35.0 Å². The topological polar surface area (TPSA) is 70.7 Å². The van der Waals surface area contributed by atoms with Gasteiger partial charge in [-0.1, -0.05) is 0 Å². The van der Waals surface area contributed by atoms with E-state index in [1.807, 2.05) is 20.8 Å². The largest absolute Gasteiger partial charge is 0.444 e. The van der Waals surface area contributed by atoms with Crippen LogP contribution in [0.25, 0.3) is 0 Å². The SMILES string of the molecule is CC1(C)CC(NC(=O)[C@@H]2CCCN(C(=O)OC(C)(C)C)C2)CC(C)(C)N1. The average molecular weight is 368 g/mol. The molecule has 0 aliphatic carbocycles. The van der Waals surface area contributed by atoms with Gasteiger partial charge in [-0.25, -0.2) is 4.79 Å². The van der Waals surface area contributed by atoms with Gasteiger partial charge in [0, 0.05) is 30.2 Å². The summed E-state index contributed by atoms with van der Waals surface area (Å²) in [5.41, 5.74) is -0.526. The van der Waals surface area contributed by atoms with E-state index < -0.39 is 5.60 Å². The number of hydrogen-bond donors (Lipinski definition) is 2.